The third-order valence-electron chi connectivity index (χ3n) is 3.80. The maximum absolute atomic E-state index is 9.80. The molecule has 1 aliphatic heterocycles. The molecule has 2 fully saturated rings. The number of aliphatic hydroxyl groups is 1. The van der Waals surface area contributed by atoms with Gasteiger partial charge in [-0.3, -0.25) is 0 Å². The van der Waals surface area contributed by atoms with E-state index in [2.05, 4.69) is 11.8 Å². The molecule has 1 aliphatic carbocycles. The molecule has 1 heterocycles. The van der Waals surface area contributed by atoms with Gasteiger partial charge in [-0.1, -0.05) is 12.8 Å². The number of hydrogen-bond acceptors (Lipinski definition) is 2. The Bertz CT molecular complexity index is 171. The molecular formula is C11H21NO. The molecule has 13 heavy (non-hydrogen) atoms. The molecule has 1 saturated carbocycles. The highest BCUT2D eigenvalue weighted by atomic mass is 16.3. The van der Waals surface area contributed by atoms with E-state index in [4.69, 9.17) is 0 Å². The van der Waals surface area contributed by atoms with E-state index in [-0.39, 0.29) is 6.10 Å². The number of aliphatic hydroxyl groups excluding tert-OH is 1. The first-order valence-electron chi connectivity index (χ1n) is 5.69. The lowest BCUT2D eigenvalue weighted by Crippen LogP contribution is -2.49. The smallest absolute Gasteiger partial charge is 0.0580 e. The van der Waals surface area contributed by atoms with Gasteiger partial charge in [-0.15, -0.1) is 0 Å². The highest BCUT2D eigenvalue weighted by molar-refractivity contribution is 4.84. The Morgan fingerprint density at radius 2 is 2.00 bits per heavy atom. The standard InChI is InChI=1S/C11H21NO/c1-9-6-7-12(9)8-10-4-2-3-5-11(10)13/h9-11,13H,2-8H2,1H3. The van der Waals surface area contributed by atoms with Gasteiger partial charge < -0.3 is 10.0 Å². The van der Waals surface area contributed by atoms with Gasteiger partial charge in [-0.25, -0.2) is 0 Å². The van der Waals surface area contributed by atoms with Gasteiger partial charge in [0.25, 0.3) is 0 Å². The van der Waals surface area contributed by atoms with Crippen LogP contribution in [-0.2, 0) is 0 Å². The van der Waals surface area contributed by atoms with Crippen LogP contribution in [0.1, 0.15) is 39.0 Å². The fourth-order valence-electron chi connectivity index (χ4n) is 2.54. The van der Waals surface area contributed by atoms with Crippen LogP contribution < -0.4 is 0 Å². The predicted octanol–water partition coefficient (Wildman–Crippen LogP) is 1.63. The van der Waals surface area contributed by atoms with E-state index in [1.807, 2.05) is 0 Å². The van der Waals surface area contributed by atoms with Crippen LogP contribution in [0.5, 0.6) is 0 Å². The van der Waals surface area contributed by atoms with E-state index >= 15 is 0 Å². The summed E-state index contributed by atoms with van der Waals surface area (Å²) in [5.74, 6) is 0.566. The molecule has 0 aromatic carbocycles. The van der Waals surface area contributed by atoms with E-state index in [1.54, 1.807) is 0 Å². The van der Waals surface area contributed by atoms with Crippen LogP contribution >= 0.6 is 0 Å². The third kappa shape index (κ3) is 2.05. The lowest BCUT2D eigenvalue weighted by atomic mass is 9.85. The summed E-state index contributed by atoms with van der Waals surface area (Å²) in [5, 5.41) is 9.80. The predicted molar refractivity (Wildman–Crippen MR) is 53.6 cm³/mol. The molecule has 0 bridgehead atoms. The first-order valence-corrected chi connectivity index (χ1v) is 5.69. The highest BCUT2D eigenvalue weighted by Gasteiger charge is 2.30. The molecule has 2 aliphatic rings. The largest absolute Gasteiger partial charge is 0.393 e. The van der Waals surface area contributed by atoms with Gasteiger partial charge in [0.1, 0.15) is 0 Å². The monoisotopic (exact) mass is 183 g/mol. The highest BCUT2D eigenvalue weighted by Crippen LogP contribution is 2.28. The Balaban J connectivity index is 1.78. The van der Waals surface area contributed by atoms with Crippen molar-refractivity contribution in [1.29, 1.82) is 0 Å². The molecule has 0 aromatic heterocycles. The molecule has 2 heteroatoms. The average molecular weight is 183 g/mol. The lowest BCUT2D eigenvalue weighted by Gasteiger charge is -2.42. The van der Waals surface area contributed by atoms with E-state index in [9.17, 15) is 5.11 Å². The van der Waals surface area contributed by atoms with Crippen molar-refractivity contribution in [2.75, 3.05) is 13.1 Å². The summed E-state index contributed by atoms with van der Waals surface area (Å²) in [6, 6.07) is 0.772. The molecule has 0 spiro atoms. The minimum atomic E-state index is -0.0125. The summed E-state index contributed by atoms with van der Waals surface area (Å²) >= 11 is 0. The summed E-state index contributed by atoms with van der Waals surface area (Å²) < 4.78 is 0. The van der Waals surface area contributed by atoms with Gasteiger partial charge >= 0.3 is 0 Å². The van der Waals surface area contributed by atoms with Gasteiger partial charge in [-0.2, -0.15) is 0 Å². The normalized spacial score (nSPS) is 41.5. The molecule has 1 N–H and O–H groups in total. The van der Waals surface area contributed by atoms with Crippen LogP contribution in [0.3, 0.4) is 0 Å². The van der Waals surface area contributed by atoms with Crippen LogP contribution in [-0.4, -0.2) is 35.2 Å². The topological polar surface area (TPSA) is 23.5 Å². The minimum Gasteiger partial charge on any atom is -0.393 e. The Hall–Kier alpha value is -0.0800. The zero-order valence-electron chi connectivity index (χ0n) is 8.58. The lowest BCUT2D eigenvalue weighted by molar-refractivity contribution is 0.0114. The molecule has 3 unspecified atom stereocenters. The Labute approximate surface area is 80.9 Å². The van der Waals surface area contributed by atoms with Gasteiger partial charge in [-0.05, 0) is 38.6 Å². The summed E-state index contributed by atoms with van der Waals surface area (Å²) in [4.78, 5) is 2.51. The average Bonchev–Trinajstić information content (AvgIpc) is 2.14. The van der Waals surface area contributed by atoms with E-state index in [0.717, 1.165) is 19.0 Å². The third-order valence-corrected chi connectivity index (χ3v) is 3.80. The first-order chi connectivity index (χ1) is 6.27. The van der Waals surface area contributed by atoms with E-state index in [0.29, 0.717) is 5.92 Å². The Morgan fingerprint density at radius 1 is 1.23 bits per heavy atom. The Kier molecular flexibility index (Phi) is 2.89. The Morgan fingerprint density at radius 3 is 2.54 bits per heavy atom. The zero-order valence-corrected chi connectivity index (χ0v) is 8.58. The van der Waals surface area contributed by atoms with Gasteiger partial charge in [0, 0.05) is 12.6 Å². The van der Waals surface area contributed by atoms with Crippen LogP contribution in [0.2, 0.25) is 0 Å². The van der Waals surface area contributed by atoms with Gasteiger partial charge in [0.2, 0.25) is 0 Å². The van der Waals surface area contributed by atoms with Gasteiger partial charge in [0.05, 0.1) is 6.10 Å². The van der Waals surface area contributed by atoms with Crippen LogP contribution in [0.15, 0.2) is 0 Å². The van der Waals surface area contributed by atoms with Crippen molar-refractivity contribution in [3.63, 3.8) is 0 Å². The van der Waals surface area contributed by atoms with E-state index in [1.165, 1.54) is 32.2 Å². The first kappa shape index (κ1) is 9.47. The second-order valence-corrected chi connectivity index (χ2v) is 4.74. The molecular weight excluding hydrogens is 162 g/mol. The molecule has 0 radical (unpaired) electrons. The summed E-state index contributed by atoms with van der Waals surface area (Å²) in [5.41, 5.74) is 0. The number of likely N-dealkylation sites (tertiary alicyclic amines) is 1. The summed E-state index contributed by atoms with van der Waals surface area (Å²) in [6.07, 6.45) is 6.17. The van der Waals surface area contributed by atoms with Crippen molar-refractivity contribution in [2.45, 2.75) is 51.2 Å². The second-order valence-electron chi connectivity index (χ2n) is 4.74. The van der Waals surface area contributed by atoms with Crippen molar-refractivity contribution in [1.82, 2.24) is 4.90 Å². The fraction of sp³-hybridized carbons (Fsp3) is 1.00. The molecule has 3 atom stereocenters. The summed E-state index contributed by atoms with van der Waals surface area (Å²) in [7, 11) is 0. The maximum atomic E-state index is 9.80. The van der Waals surface area contributed by atoms with Crippen molar-refractivity contribution in [3.05, 3.63) is 0 Å². The molecule has 76 valence electrons. The minimum absolute atomic E-state index is 0.0125. The van der Waals surface area contributed by atoms with Crippen molar-refractivity contribution in [3.8, 4) is 0 Å². The second kappa shape index (κ2) is 3.97. The maximum Gasteiger partial charge on any atom is 0.0580 e. The number of hydrogen-bond donors (Lipinski definition) is 1. The fourth-order valence-corrected chi connectivity index (χ4v) is 2.54. The zero-order chi connectivity index (χ0) is 9.26. The van der Waals surface area contributed by atoms with Crippen LogP contribution in [0, 0.1) is 5.92 Å². The van der Waals surface area contributed by atoms with Gasteiger partial charge in [0.15, 0.2) is 0 Å². The molecule has 0 aromatic rings. The molecule has 2 rings (SSSR count). The molecule has 0 amide bonds. The van der Waals surface area contributed by atoms with Crippen LogP contribution in [0.4, 0.5) is 0 Å². The van der Waals surface area contributed by atoms with Crippen molar-refractivity contribution < 1.29 is 5.11 Å². The number of rotatable bonds is 2. The van der Waals surface area contributed by atoms with Crippen LogP contribution in [0.25, 0.3) is 0 Å². The SMILES string of the molecule is CC1CCN1CC1CCCCC1O. The summed E-state index contributed by atoms with van der Waals surface area (Å²) in [6.45, 7) is 4.69. The van der Waals surface area contributed by atoms with Crippen molar-refractivity contribution >= 4 is 0 Å². The molecule has 1 saturated heterocycles. The van der Waals surface area contributed by atoms with Crippen molar-refractivity contribution in [2.24, 2.45) is 5.92 Å². The number of nitrogens with zero attached hydrogens (tertiary/aromatic N) is 1. The van der Waals surface area contributed by atoms with E-state index < -0.39 is 0 Å². The molecule has 2 nitrogen and oxygen atoms in total. The quantitative estimate of drug-likeness (QED) is 0.703.